The van der Waals surface area contributed by atoms with Crippen LogP contribution in [0.25, 0.3) is 21.9 Å². The highest BCUT2D eigenvalue weighted by Crippen LogP contribution is 2.26. The first-order valence-electron chi connectivity index (χ1n) is 11.9. The summed E-state index contributed by atoms with van der Waals surface area (Å²) in [5.41, 5.74) is 4.73. The van der Waals surface area contributed by atoms with E-state index in [1.165, 1.54) is 0 Å². The average molecular weight is 500 g/mol. The van der Waals surface area contributed by atoms with E-state index in [9.17, 15) is 4.79 Å². The lowest BCUT2D eigenvalue weighted by Gasteiger charge is -2.11. The SMILES string of the molecule is CCOC(=O)CCc1cc2cc(OCc3ccc4ccccc4n3)cnc2n1Cc1ccc(Cl)cc1. The van der Waals surface area contributed by atoms with Gasteiger partial charge in [-0.05, 0) is 55.3 Å². The molecule has 0 aliphatic carbocycles. The minimum Gasteiger partial charge on any atom is -0.486 e. The van der Waals surface area contributed by atoms with E-state index < -0.39 is 0 Å². The van der Waals surface area contributed by atoms with Gasteiger partial charge in [0.15, 0.2) is 0 Å². The summed E-state index contributed by atoms with van der Waals surface area (Å²) in [4.78, 5) is 21.4. The van der Waals surface area contributed by atoms with Crippen LogP contribution in [0.4, 0.5) is 0 Å². The Balaban J connectivity index is 1.39. The van der Waals surface area contributed by atoms with Crippen LogP contribution in [-0.2, 0) is 29.1 Å². The number of hydrogen-bond donors (Lipinski definition) is 0. The Morgan fingerprint density at radius 3 is 2.67 bits per heavy atom. The molecule has 0 aliphatic rings. The summed E-state index contributed by atoms with van der Waals surface area (Å²) in [6.07, 6.45) is 2.60. The summed E-state index contributed by atoms with van der Waals surface area (Å²) >= 11 is 6.07. The predicted molar refractivity (Wildman–Crippen MR) is 141 cm³/mol. The fraction of sp³-hybridized carbons (Fsp3) is 0.207. The van der Waals surface area contributed by atoms with Gasteiger partial charge in [-0.15, -0.1) is 0 Å². The summed E-state index contributed by atoms with van der Waals surface area (Å²) in [7, 11) is 0. The maximum Gasteiger partial charge on any atom is 0.306 e. The molecule has 7 heteroatoms. The normalized spacial score (nSPS) is 11.2. The number of aryl methyl sites for hydroxylation is 1. The van der Waals surface area contributed by atoms with Gasteiger partial charge in [0.05, 0.1) is 30.4 Å². The van der Waals surface area contributed by atoms with E-state index in [1.807, 2.05) is 67.6 Å². The summed E-state index contributed by atoms with van der Waals surface area (Å²) in [6.45, 7) is 3.15. The number of fused-ring (bicyclic) bond motifs is 2. The molecule has 5 aromatic rings. The molecule has 0 saturated heterocycles. The third-order valence-corrected chi connectivity index (χ3v) is 6.23. The highest BCUT2D eigenvalue weighted by Gasteiger charge is 2.14. The number of halogens is 1. The van der Waals surface area contributed by atoms with E-state index in [4.69, 9.17) is 26.1 Å². The molecule has 3 aromatic heterocycles. The largest absolute Gasteiger partial charge is 0.486 e. The van der Waals surface area contributed by atoms with E-state index in [0.717, 1.165) is 38.9 Å². The second-order valence-corrected chi connectivity index (χ2v) is 8.96. The highest BCUT2D eigenvalue weighted by atomic mass is 35.5. The van der Waals surface area contributed by atoms with Crippen molar-refractivity contribution in [2.75, 3.05) is 6.61 Å². The zero-order valence-corrected chi connectivity index (χ0v) is 20.7. The maximum absolute atomic E-state index is 12.0. The Bertz CT molecular complexity index is 1510. The zero-order chi connectivity index (χ0) is 24.9. The number of carbonyl (C=O) groups is 1. The summed E-state index contributed by atoms with van der Waals surface area (Å²) in [5, 5.41) is 2.74. The average Bonchev–Trinajstić information content (AvgIpc) is 3.24. The summed E-state index contributed by atoms with van der Waals surface area (Å²) in [5.74, 6) is 0.457. The molecule has 6 nitrogen and oxygen atoms in total. The van der Waals surface area contributed by atoms with Gasteiger partial charge in [-0.3, -0.25) is 4.79 Å². The Morgan fingerprint density at radius 2 is 1.83 bits per heavy atom. The minimum atomic E-state index is -0.208. The van der Waals surface area contributed by atoms with Crippen molar-refractivity contribution in [1.29, 1.82) is 0 Å². The van der Waals surface area contributed by atoms with Gasteiger partial charge < -0.3 is 14.0 Å². The maximum atomic E-state index is 12.0. The van der Waals surface area contributed by atoms with Crippen molar-refractivity contribution in [2.24, 2.45) is 0 Å². The lowest BCUT2D eigenvalue weighted by Crippen LogP contribution is -2.09. The second-order valence-electron chi connectivity index (χ2n) is 8.52. The molecule has 2 aromatic carbocycles. The first kappa shape index (κ1) is 23.8. The molecular formula is C29H26ClN3O3. The van der Waals surface area contributed by atoms with Gasteiger partial charge in [0.25, 0.3) is 0 Å². The molecule has 3 heterocycles. The number of nitrogens with zero attached hydrogens (tertiary/aromatic N) is 3. The molecule has 0 saturated carbocycles. The van der Waals surface area contributed by atoms with Gasteiger partial charge in [-0.1, -0.05) is 48.0 Å². The van der Waals surface area contributed by atoms with Crippen LogP contribution in [0.2, 0.25) is 5.02 Å². The molecular weight excluding hydrogens is 474 g/mol. The lowest BCUT2D eigenvalue weighted by molar-refractivity contribution is -0.143. The monoisotopic (exact) mass is 499 g/mol. The molecule has 0 bridgehead atoms. The Labute approximate surface area is 214 Å². The molecule has 0 radical (unpaired) electrons. The molecule has 0 amide bonds. The zero-order valence-electron chi connectivity index (χ0n) is 20.0. The van der Waals surface area contributed by atoms with E-state index in [0.29, 0.717) is 43.4 Å². The van der Waals surface area contributed by atoms with Gasteiger partial charge in [-0.2, -0.15) is 0 Å². The topological polar surface area (TPSA) is 66.2 Å². The van der Waals surface area contributed by atoms with Crippen molar-refractivity contribution in [2.45, 2.75) is 32.9 Å². The van der Waals surface area contributed by atoms with Crippen LogP contribution < -0.4 is 4.74 Å². The van der Waals surface area contributed by atoms with Crippen molar-refractivity contribution in [3.8, 4) is 5.75 Å². The molecule has 0 spiro atoms. The van der Waals surface area contributed by atoms with Crippen molar-refractivity contribution >= 4 is 39.5 Å². The summed E-state index contributed by atoms with van der Waals surface area (Å²) < 4.78 is 13.3. The Morgan fingerprint density at radius 1 is 1.00 bits per heavy atom. The van der Waals surface area contributed by atoms with Crippen LogP contribution in [-0.4, -0.2) is 27.1 Å². The fourth-order valence-electron chi connectivity index (χ4n) is 4.22. The van der Waals surface area contributed by atoms with E-state index >= 15 is 0 Å². The standard InChI is InChI=1S/C29H26ClN3O3/c1-2-35-28(34)14-13-25-15-22-16-26(36-19-24-12-9-21-5-3-4-6-27(21)32-24)17-31-29(22)33(25)18-20-7-10-23(30)11-8-20/h3-12,15-17H,2,13-14,18-19H2,1H3. The first-order chi connectivity index (χ1) is 17.6. The van der Waals surface area contributed by atoms with Crippen LogP contribution in [0.5, 0.6) is 5.75 Å². The predicted octanol–water partition coefficient (Wildman–Crippen LogP) is 6.36. The van der Waals surface area contributed by atoms with Crippen LogP contribution >= 0.6 is 11.6 Å². The van der Waals surface area contributed by atoms with E-state index in [-0.39, 0.29) is 5.97 Å². The lowest BCUT2D eigenvalue weighted by atomic mass is 10.2. The number of benzene rings is 2. The van der Waals surface area contributed by atoms with Crippen LogP contribution in [0, 0.1) is 0 Å². The van der Waals surface area contributed by atoms with Gasteiger partial charge in [-0.25, -0.2) is 9.97 Å². The molecule has 36 heavy (non-hydrogen) atoms. The Hall–Kier alpha value is -3.90. The van der Waals surface area contributed by atoms with Gasteiger partial charge in [0.1, 0.15) is 18.0 Å². The molecule has 0 fully saturated rings. The van der Waals surface area contributed by atoms with Crippen molar-refractivity contribution in [3.05, 3.63) is 101 Å². The summed E-state index contributed by atoms with van der Waals surface area (Å²) in [6, 6.07) is 23.8. The Kier molecular flexibility index (Phi) is 7.14. The number of aromatic nitrogens is 3. The van der Waals surface area contributed by atoms with Crippen molar-refractivity contribution < 1.29 is 14.3 Å². The second kappa shape index (κ2) is 10.8. The van der Waals surface area contributed by atoms with Crippen LogP contribution in [0.3, 0.4) is 0 Å². The third kappa shape index (κ3) is 5.50. The number of esters is 1. The number of rotatable bonds is 9. The smallest absolute Gasteiger partial charge is 0.306 e. The molecule has 182 valence electrons. The minimum absolute atomic E-state index is 0.208. The number of para-hydroxylation sites is 1. The molecule has 5 rings (SSSR count). The fourth-order valence-corrected chi connectivity index (χ4v) is 4.35. The third-order valence-electron chi connectivity index (χ3n) is 5.98. The molecule has 0 atom stereocenters. The number of pyridine rings is 2. The van der Waals surface area contributed by atoms with Gasteiger partial charge >= 0.3 is 5.97 Å². The number of carbonyl (C=O) groups excluding carboxylic acids is 1. The van der Waals surface area contributed by atoms with Crippen molar-refractivity contribution in [1.82, 2.24) is 14.5 Å². The van der Waals surface area contributed by atoms with E-state index in [2.05, 4.69) is 21.7 Å². The van der Waals surface area contributed by atoms with Crippen LogP contribution in [0.1, 0.15) is 30.3 Å². The number of ether oxygens (including phenoxy) is 2. The van der Waals surface area contributed by atoms with Gasteiger partial charge in [0.2, 0.25) is 0 Å². The van der Waals surface area contributed by atoms with E-state index in [1.54, 1.807) is 6.20 Å². The highest BCUT2D eigenvalue weighted by molar-refractivity contribution is 6.30. The van der Waals surface area contributed by atoms with Crippen molar-refractivity contribution in [3.63, 3.8) is 0 Å². The molecule has 0 unspecified atom stereocenters. The molecule has 0 N–H and O–H groups in total. The number of hydrogen-bond acceptors (Lipinski definition) is 5. The quantitative estimate of drug-likeness (QED) is 0.221. The van der Waals surface area contributed by atoms with Crippen LogP contribution in [0.15, 0.2) is 79.0 Å². The first-order valence-corrected chi connectivity index (χ1v) is 12.3. The van der Waals surface area contributed by atoms with Gasteiger partial charge in [0, 0.05) is 28.0 Å². The molecule has 0 aliphatic heterocycles.